The van der Waals surface area contributed by atoms with E-state index in [1.54, 1.807) is 0 Å². The van der Waals surface area contributed by atoms with Gasteiger partial charge in [0.2, 0.25) is 0 Å². The van der Waals surface area contributed by atoms with Crippen molar-refractivity contribution in [1.29, 1.82) is 0 Å². The molecule has 10 nitrogen and oxygen atoms in total. The quantitative estimate of drug-likeness (QED) is 0.263. The lowest BCUT2D eigenvalue weighted by atomic mass is 9.38. The first kappa shape index (κ1) is 30.2. The van der Waals surface area contributed by atoms with E-state index in [-0.39, 0.29) is 36.2 Å². The Bertz CT molecular complexity index is 1090. The van der Waals surface area contributed by atoms with Crippen LogP contribution in [0.4, 0.5) is 0 Å². The molecule has 0 aromatic carbocycles. The summed E-state index contributed by atoms with van der Waals surface area (Å²) in [6.07, 6.45) is -6.42. The third-order valence-corrected chi connectivity index (χ3v) is 12.2. The molecule has 0 radical (unpaired) electrons. The topological polar surface area (TPSA) is 174 Å². The highest BCUT2D eigenvalue weighted by Crippen LogP contribution is 2.73. The molecular weight excluding hydrogens is 520 g/mol. The SMILES string of the molecule is CC(=O)C1[C@H](O)C[C@@]2(C)[C@@H]3CC=C4[C@@H](CC(O)[C@@H](O[C@@H]5O[C@H](CO)[C@@H](O)[C@H](O)[C@H]5O)C4(C)C)[C@@]3(C)C(=O)C[C@]12C. The molecule has 6 N–H and O–H groups in total. The van der Waals surface area contributed by atoms with E-state index < -0.39 is 83.2 Å². The fourth-order valence-electron chi connectivity index (χ4n) is 9.85. The van der Waals surface area contributed by atoms with E-state index in [0.717, 1.165) is 5.57 Å². The minimum Gasteiger partial charge on any atom is -0.394 e. The van der Waals surface area contributed by atoms with Crippen molar-refractivity contribution in [2.24, 2.45) is 39.4 Å². The van der Waals surface area contributed by atoms with Gasteiger partial charge in [-0.25, -0.2) is 0 Å². The normalized spacial score (nSPS) is 53.8. The van der Waals surface area contributed by atoms with Crippen LogP contribution in [0.25, 0.3) is 0 Å². The minimum atomic E-state index is -1.60. The lowest BCUT2D eigenvalue weighted by Gasteiger charge is -2.64. The first-order valence-electron chi connectivity index (χ1n) is 14.5. The molecule has 4 aliphatic carbocycles. The molecule has 1 heterocycles. The van der Waals surface area contributed by atoms with Crippen molar-refractivity contribution in [3.8, 4) is 0 Å². The van der Waals surface area contributed by atoms with Gasteiger partial charge in [-0.2, -0.15) is 0 Å². The van der Waals surface area contributed by atoms with E-state index in [9.17, 15) is 40.2 Å². The van der Waals surface area contributed by atoms with Crippen molar-refractivity contribution < 1.29 is 49.7 Å². The van der Waals surface area contributed by atoms with Gasteiger partial charge < -0.3 is 40.1 Å². The van der Waals surface area contributed by atoms with Crippen molar-refractivity contribution in [3.05, 3.63) is 11.6 Å². The van der Waals surface area contributed by atoms with E-state index in [2.05, 4.69) is 13.0 Å². The molecule has 5 aliphatic rings. The van der Waals surface area contributed by atoms with Crippen LogP contribution >= 0.6 is 0 Å². The summed E-state index contributed by atoms with van der Waals surface area (Å²) in [6.45, 7) is 10.8. The van der Waals surface area contributed by atoms with Crippen LogP contribution in [-0.2, 0) is 19.1 Å². The monoisotopic (exact) mass is 566 g/mol. The number of Topliss-reactive ketones (excluding diaryl/α,β-unsaturated/α-hetero) is 2. The number of aliphatic hydroxyl groups is 6. The maximum Gasteiger partial charge on any atom is 0.187 e. The Morgan fingerprint density at radius 1 is 1.00 bits per heavy atom. The summed E-state index contributed by atoms with van der Waals surface area (Å²) in [5, 5.41) is 63.1. The molecule has 1 saturated heterocycles. The molecule has 0 aromatic rings. The lowest BCUT2D eigenvalue weighted by molar-refractivity contribution is -0.327. The van der Waals surface area contributed by atoms with Gasteiger partial charge in [-0.1, -0.05) is 46.3 Å². The Hall–Kier alpha value is -1.24. The highest BCUT2D eigenvalue weighted by atomic mass is 16.7. The number of carbonyl (C=O) groups excluding carboxylic acids is 2. The van der Waals surface area contributed by atoms with Crippen LogP contribution in [0.3, 0.4) is 0 Å². The number of carbonyl (C=O) groups is 2. The zero-order chi connectivity index (χ0) is 29.7. The molecule has 0 aromatic heterocycles. The molecule has 10 heteroatoms. The molecule has 2 unspecified atom stereocenters. The summed E-state index contributed by atoms with van der Waals surface area (Å²) in [5.41, 5.74) is -1.79. The number of fused-ring (bicyclic) bond motifs is 5. The van der Waals surface area contributed by atoms with Crippen LogP contribution in [0.1, 0.15) is 67.2 Å². The maximum absolute atomic E-state index is 14.2. The van der Waals surface area contributed by atoms with Crippen molar-refractivity contribution in [1.82, 2.24) is 0 Å². The van der Waals surface area contributed by atoms with Gasteiger partial charge in [-0.3, -0.25) is 9.59 Å². The van der Waals surface area contributed by atoms with Gasteiger partial charge in [0, 0.05) is 23.2 Å². The third-order valence-electron chi connectivity index (χ3n) is 12.2. The van der Waals surface area contributed by atoms with E-state index in [0.29, 0.717) is 12.8 Å². The van der Waals surface area contributed by atoms with Crippen LogP contribution < -0.4 is 0 Å². The second-order valence-corrected chi connectivity index (χ2v) is 14.4. The van der Waals surface area contributed by atoms with Gasteiger partial charge in [-0.15, -0.1) is 0 Å². The Kier molecular flexibility index (Phi) is 7.28. The first-order chi connectivity index (χ1) is 18.5. The van der Waals surface area contributed by atoms with Gasteiger partial charge in [0.15, 0.2) is 6.29 Å². The van der Waals surface area contributed by atoms with Crippen molar-refractivity contribution in [2.45, 2.75) is 116 Å². The number of hydrogen-bond donors (Lipinski definition) is 6. The highest BCUT2D eigenvalue weighted by Gasteiger charge is 2.73. The van der Waals surface area contributed by atoms with E-state index in [4.69, 9.17) is 9.47 Å². The molecule has 5 rings (SSSR count). The van der Waals surface area contributed by atoms with Crippen molar-refractivity contribution in [2.75, 3.05) is 6.61 Å². The Morgan fingerprint density at radius 2 is 1.65 bits per heavy atom. The fraction of sp³-hybridized carbons (Fsp3) is 0.867. The smallest absolute Gasteiger partial charge is 0.187 e. The Morgan fingerprint density at radius 3 is 2.25 bits per heavy atom. The highest BCUT2D eigenvalue weighted by molar-refractivity contribution is 5.90. The first-order valence-corrected chi connectivity index (χ1v) is 14.5. The molecule has 14 atom stereocenters. The van der Waals surface area contributed by atoms with Crippen LogP contribution in [0.2, 0.25) is 0 Å². The van der Waals surface area contributed by atoms with Crippen LogP contribution in [0.5, 0.6) is 0 Å². The molecule has 4 fully saturated rings. The summed E-state index contributed by atoms with van der Waals surface area (Å²) in [7, 11) is 0. The zero-order valence-electron chi connectivity index (χ0n) is 24.3. The number of hydrogen-bond acceptors (Lipinski definition) is 10. The third kappa shape index (κ3) is 3.83. The van der Waals surface area contributed by atoms with Crippen LogP contribution in [0.15, 0.2) is 11.6 Å². The summed E-state index contributed by atoms with van der Waals surface area (Å²) in [5.74, 6) is -1.08. The Balaban J connectivity index is 1.49. The molecular formula is C30H46O10. The number of aliphatic hydroxyl groups excluding tert-OH is 6. The zero-order valence-corrected chi connectivity index (χ0v) is 24.3. The molecule has 3 saturated carbocycles. The van der Waals surface area contributed by atoms with Crippen LogP contribution in [-0.4, -0.2) is 97.8 Å². The van der Waals surface area contributed by atoms with E-state index in [1.165, 1.54) is 6.92 Å². The largest absolute Gasteiger partial charge is 0.394 e. The molecule has 0 spiro atoms. The van der Waals surface area contributed by atoms with Gasteiger partial charge >= 0.3 is 0 Å². The number of allylic oxidation sites excluding steroid dienone is 1. The minimum absolute atomic E-state index is 0.0460. The molecule has 0 bridgehead atoms. The molecule has 0 amide bonds. The maximum atomic E-state index is 14.2. The summed E-state index contributed by atoms with van der Waals surface area (Å²) in [6, 6.07) is 0. The average Bonchev–Trinajstić information content (AvgIpc) is 3.06. The van der Waals surface area contributed by atoms with E-state index in [1.807, 2.05) is 27.7 Å². The molecule has 40 heavy (non-hydrogen) atoms. The number of ether oxygens (including phenoxy) is 2. The van der Waals surface area contributed by atoms with Gasteiger partial charge in [-0.05, 0) is 48.9 Å². The van der Waals surface area contributed by atoms with Gasteiger partial charge in [0.25, 0.3) is 0 Å². The number of rotatable bonds is 4. The van der Waals surface area contributed by atoms with Crippen molar-refractivity contribution in [3.63, 3.8) is 0 Å². The predicted octanol–water partition coefficient (Wildman–Crippen LogP) is 0.486. The summed E-state index contributed by atoms with van der Waals surface area (Å²) in [4.78, 5) is 26.9. The average molecular weight is 567 g/mol. The van der Waals surface area contributed by atoms with Gasteiger partial charge in [0.1, 0.15) is 36.0 Å². The second-order valence-electron chi connectivity index (χ2n) is 14.4. The van der Waals surface area contributed by atoms with Crippen molar-refractivity contribution >= 4 is 11.6 Å². The van der Waals surface area contributed by atoms with Crippen LogP contribution in [0, 0.1) is 39.4 Å². The Labute approximate surface area is 235 Å². The standard InChI is InChI=1S/C30H46O10/c1-13(32)21-17(34)10-28(4)19-8-7-14-15(30(19,6)20(35)11-29(21,28)5)9-16(33)25(27(14,2)3)40-26-24(38)23(37)22(36)18(12-31)39-26/h7,15-19,21-26,31,33-34,36-38H,8-12H2,1-6H3/t15-,16?,17-,18-,19+,21?,22-,23+,24-,25-,26+,28+,29-,30-/m1/s1. The predicted molar refractivity (Wildman–Crippen MR) is 141 cm³/mol. The summed E-state index contributed by atoms with van der Waals surface area (Å²) < 4.78 is 11.7. The van der Waals surface area contributed by atoms with E-state index >= 15 is 0 Å². The molecule has 1 aliphatic heterocycles. The second kappa shape index (κ2) is 9.64. The fourth-order valence-corrected chi connectivity index (χ4v) is 9.85. The molecule has 226 valence electrons. The number of ketones is 2. The van der Waals surface area contributed by atoms with Gasteiger partial charge in [0.05, 0.1) is 24.9 Å². The lowest BCUT2D eigenvalue weighted by Crippen LogP contribution is -2.65. The summed E-state index contributed by atoms with van der Waals surface area (Å²) >= 11 is 0.